The standard InChI is InChI=1S/C9H4BrClOS/c10-6-1-5(3-12)2-8-9(6)7(11)4-13-8/h1-4H. The van der Waals surface area contributed by atoms with E-state index in [2.05, 4.69) is 15.9 Å². The van der Waals surface area contributed by atoms with E-state index in [0.717, 1.165) is 25.9 Å². The maximum atomic E-state index is 10.6. The number of benzene rings is 1. The number of halogens is 2. The highest BCUT2D eigenvalue weighted by Gasteiger charge is 2.07. The fourth-order valence-electron chi connectivity index (χ4n) is 1.17. The summed E-state index contributed by atoms with van der Waals surface area (Å²) in [6.07, 6.45) is 0.831. The molecule has 0 radical (unpaired) electrons. The summed E-state index contributed by atoms with van der Waals surface area (Å²) in [5.41, 5.74) is 0.665. The molecule has 2 rings (SSSR count). The number of carbonyl (C=O) groups is 1. The SMILES string of the molecule is O=Cc1cc(Br)c2c(Cl)csc2c1. The van der Waals surface area contributed by atoms with Gasteiger partial charge in [-0.25, -0.2) is 0 Å². The summed E-state index contributed by atoms with van der Waals surface area (Å²) in [7, 11) is 0. The third-order valence-corrected chi connectivity index (χ3v) is 3.72. The lowest BCUT2D eigenvalue weighted by Crippen LogP contribution is -1.78. The molecule has 0 saturated carbocycles. The van der Waals surface area contributed by atoms with Crippen LogP contribution in [0.25, 0.3) is 10.1 Å². The Morgan fingerprint density at radius 2 is 2.23 bits per heavy atom. The number of thiophene rings is 1. The molecule has 2 aromatic rings. The van der Waals surface area contributed by atoms with Gasteiger partial charge in [-0.1, -0.05) is 27.5 Å². The predicted octanol–water partition coefficient (Wildman–Crippen LogP) is 4.13. The molecule has 1 aromatic heterocycles. The van der Waals surface area contributed by atoms with Crippen molar-refractivity contribution in [3.8, 4) is 0 Å². The number of rotatable bonds is 1. The second-order valence-corrected chi connectivity index (χ2v) is 4.75. The van der Waals surface area contributed by atoms with Gasteiger partial charge in [-0.15, -0.1) is 11.3 Å². The van der Waals surface area contributed by atoms with Gasteiger partial charge >= 0.3 is 0 Å². The zero-order chi connectivity index (χ0) is 9.42. The van der Waals surface area contributed by atoms with Crippen LogP contribution in [-0.4, -0.2) is 6.29 Å². The Balaban J connectivity index is 2.86. The van der Waals surface area contributed by atoms with E-state index in [1.54, 1.807) is 6.07 Å². The van der Waals surface area contributed by atoms with Gasteiger partial charge in [-0.2, -0.15) is 0 Å². The highest BCUT2D eigenvalue weighted by atomic mass is 79.9. The van der Waals surface area contributed by atoms with Crippen molar-refractivity contribution >= 4 is 55.2 Å². The maximum absolute atomic E-state index is 10.6. The molecule has 4 heteroatoms. The van der Waals surface area contributed by atoms with Gasteiger partial charge in [0.25, 0.3) is 0 Å². The van der Waals surface area contributed by atoms with Crippen molar-refractivity contribution in [1.82, 2.24) is 0 Å². The molecule has 1 nitrogen and oxygen atoms in total. The first kappa shape index (κ1) is 9.19. The molecule has 0 fully saturated rings. The summed E-state index contributed by atoms with van der Waals surface area (Å²) in [4.78, 5) is 10.6. The van der Waals surface area contributed by atoms with Crippen molar-refractivity contribution in [2.75, 3.05) is 0 Å². The van der Waals surface area contributed by atoms with Gasteiger partial charge in [0.05, 0.1) is 5.02 Å². The molecule has 0 bridgehead atoms. The maximum Gasteiger partial charge on any atom is 0.150 e. The van der Waals surface area contributed by atoms with Crippen molar-refractivity contribution in [2.45, 2.75) is 0 Å². The van der Waals surface area contributed by atoms with Gasteiger partial charge in [-0.3, -0.25) is 4.79 Å². The van der Waals surface area contributed by atoms with E-state index < -0.39 is 0 Å². The van der Waals surface area contributed by atoms with Crippen molar-refractivity contribution in [3.63, 3.8) is 0 Å². The summed E-state index contributed by atoms with van der Waals surface area (Å²) in [6, 6.07) is 3.61. The zero-order valence-electron chi connectivity index (χ0n) is 6.38. The summed E-state index contributed by atoms with van der Waals surface area (Å²) < 4.78 is 1.90. The summed E-state index contributed by atoms with van der Waals surface area (Å²) in [5, 5.41) is 3.58. The van der Waals surface area contributed by atoms with Crippen molar-refractivity contribution < 1.29 is 4.79 Å². The second kappa shape index (κ2) is 3.40. The van der Waals surface area contributed by atoms with Crippen LogP contribution in [0.5, 0.6) is 0 Å². The molecule has 0 N–H and O–H groups in total. The van der Waals surface area contributed by atoms with Crippen LogP contribution in [0.2, 0.25) is 5.02 Å². The Labute approximate surface area is 92.5 Å². The number of hydrogen-bond donors (Lipinski definition) is 0. The van der Waals surface area contributed by atoms with E-state index in [9.17, 15) is 4.79 Å². The van der Waals surface area contributed by atoms with Crippen LogP contribution < -0.4 is 0 Å². The lowest BCUT2D eigenvalue weighted by molar-refractivity contribution is 0.112. The monoisotopic (exact) mass is 274 g/mol. The fourth-order valence-corrected chi connectivity index (χ4v) is 3.39. The molecular weight excluding hydrogens is 272 g/mol. The van der Waals surface area contributed by atoms with Crippen LogP contribution in [0.3, 0.4) is 0 Å². The van der Waals surface area contributed by atoms with E-state index in [1.165, 1.54) is 11.3 Å². The van der Waals surface area contributed by atoms with Crippen LogP contribution in [-0.2, 0) is 0 Å². The Morgan fingerprint density at radius 1 is 1.46 bits per heavy atom. The lowest BCUT2D eigenvalue weighted by atomic mass is 10.2. The fraction of sp³-hybridized carbons (Fsp3) is 0. The number of carbonyl (C=O) groups excluding carboxylic acids is 1. The zero-order valence-corrected chi connectivity index (χ0v) is 9.54. The minimum atomic E-state index is 0.665. The van der Waals surface area contributed by atoms with Crippen LogP contribution in [0.4, 0.5) is 0 Å². The minimum Gasteiger partial charge on any atom is -0.298 e. The normalized spacial score (nSPS) is 10.6. The molecule has 0 atom stereocenters. The molecule has 66 valence electrons. The molecule has 0 spiro atoms. The van der Waals surface area contributed by atoms with Crippen LogP contribution in [0, 0.1) is 0 Å². The van der Waals surface area contributed by atoms with E-state index in [4.69, 9.17) is 11.6 Å². The lowest BCUT2D eigenvalue weighted by Gasteiger charge is -1.96. The highest BCUT2D eigenvalue weighted by Crippen LogP contribution is 2.36. The number of hydrogen-bond acceptors (Lipinski definition) is 2. The Bertz CT molecular complexity index is 478. The summed E-state index contributed by atoms with van der Waals surface area (Å²) >= 11 is 10.9. The Morgan fingerprint density at radius 3 is 2.92 bits per heavy atom. The highest BCUT2D eigenvalue weighted by molar-refractivity contribution is 9.10. The molecule has 0 aliphatic heterocycles. The molecule has 0 amide bonds. The topological polar surface area (TPSA) is 17.1 Å². The summed E-state index contributed by atoms with van der Waals surface area (Å²) in [6.45, 7) is 0. The van der Waals surface area contributed by atoms with E-state index >= 15 is 0 Å². The quantitative estimate of drug-likeness (QED) is 0.715. The Kier molecular flexibility index (Phi) is 2.41. The third kappa shape index (κ3) is 1.52. The van der Waals surface area contributed by atoms with Gasteiger partial charge in [-0.05, 0) is 12.1 Å². The summed E-state index contributed by atoms with van der Waals surface area (Å²) in [5.74, 6) is 0. The molecule has 0 unspecified atom stereocenters. The molecule has 1 heterocycles. The smallest absolute Gasteiger partial charge is 0.150 e. The van der Waals surface area contributed by atoms with Crippen molar-refractivity contribution in [2.24, 2.45) is 0 Å². The molecule has 0 aliphatic carbocycles. The van der Waals surface area contributed by atoms with Gasteiger partial charge in [0.1, 0.15) is 6.29 Å². The number of fused-ring (bicyclic) bond motifs is 1. The first-order chi connectivity index (χ1) is 6.22. The number of aldehydes is 1. The van der Waals surface area contributed by atoms with Crippen molar-refractivity contribution in [1.29, 1.82) is 0 Å². The average Bonchev–Trinajstić information content (AvgIpc) is 2.48. The minimum absolute atomic E-state index is 0.665. The van der Waals surface area contributed by atoms with Gasteiger partial charge in [0.15, 0.2) is 0 Å². The van der Waals surface area contributed by atoms with Gasteiger partial charge in [0, 0.05) is 25.5 Å². The first-order valence-electron chi connectivity index (χ1n) is 3.54. The van der Waals surface area contributed by atoms with E-state index in [-0.39, 0.29) is 0 Å². The van der Waals surface area contributed by atoms with Crippen LogP contribution in [0.15, 0.2) is 22.0 Å². The molecule has 1 aromatic carbocycles. The first-order valence-corrected chi connectivity index (χ1v) is 5.59. The molecular formula is C9H4BrClOS. The largest absolute Gasteiger partial charge is 0.298 e. The molecule has 13 heavy (non-hydrogen) atoms. The second-order valence-electron chi connectivity index (χ2n) is 2.58. The van der Waals surface area contributed by atoms with Gasteiger partial charge < -0.3 is 0 Å². The average molecular weight is 276 g/mol. The van der Waals surface area contributed by atoms with Gasteiger partial charge in [0.2, 0.25) is 0 Å². The predicted molar refractivity (Wildman–Crippen MR) is 59.9 cm³/mol. The van der Waals surface area contributed by atoms with Crippen LogP contribution >= 0.6 is 38.9 Å². The van der Waals surface area contributed by atoms with E-state index in [1.807, 2.05) is 11.4 Å². The third-order valence-electron chi connectivity index (χ3n) is 1.74. The van der Waals surface area contributed by atoms with Crippen molar-refractivity contribution in [3.05, 3.63) is 32.6 Å². The Hall–Kier alpha value is -0.380. The molecule has 0 aliphatic rings. The van der Waals surface area contributed by atoms with E-state index in [0.29, 0.717) is 5.56 Å². The van der Waals surface area contributed by atoms with Crippen LogP contribution in [0.1, 0.15) is 10.4 Å². The molecule has 0 saturated heterocycles.